The highest BCUT2D eigenvalue weighted by molar-refractivity contribution is 7.25. The van der Waals surface area contributed by atoms with Crippen molar-refractivity contribution in [2.24, 2.45) is 0 Å². The fraction of sp³-hybridized carbons (Fsp3) is 0.0222. The van der Waals surface area contributed by atoms with Gasteiger partial charge in [0.15, 0.2) is 0 Å². The summed E-state index contributed by atoms with van der Waals surface area (Å²) in [6.45, 7) is 0. The van der Waals surface area contributed by atoms with Gasteiger partial charge in [-0.2, -0.15) is 5.26 Å². The minimum atomic E-state index is -0.574. The average molecular weight is 642 g/mol. The van der Waals surface area contributed by atoms with Gasteiger partial charge in [-0.25, -0.2) is 4.98 Å². The Balaban J connectivity index is 1.15. The lowest BCUT2D eigenvalue weighted by Crippen LogP contribution is -2.28. The highest BCUT2D eigenvalue weighted by Gasteiger charge is 2.46. The van der Waals surface area contributed by atoms with Crippen LogP contribution in [0.3, 0.4) is 0 Å². The first kappa shape index (κ1) is 27.8. The number of rotatable bonds is 4. The van der Waals surface area contributed by atoms with Crippen LogP contribution < -0.4 is 0 Å². The molecule has 0 unspecified atom stereocenters. The van der Waals surface area contributed by atoms with Crippen LogP contribution in [0.5, 0.6) is 0 Å². The number of nitrogens with zero attached hydrogens (tertiary/aromatic N) is 3. The molecule has 228 valence electrons. The van der Waals surface area contributed by atoms with E-state index in [2.05, 4.69) is 168 Å². The first-order chi connectivity index (χ1) is 24.2. The van der Waals surface area contributed by atoms with Gasteiger partial charge in [0, 0.05) is 16.3 Å². The van der Waals surface area contributed by atoms with Crippen LogP contribution in [0.1, 0.15) is 27.8 Å². The molecule has 4 heteroatoms. The van der Waals surface area contributed by atoms with Crippen molar-refractivity contribution >= 4 is 37.4 Å². The molecule has 1 aliphatic carbocycles. The lowest BCUT2D eigenvalue weighted by Gasteiger charge is -2.34. The molecule has 0 saturated carbocycles. The number of nitriles is 1. The smallest absolute Gasteiger partial charge is 0.138 e. The van der Waals surface area contributed by atoms with E-state index in [1.54, 1.807) is 11.3 Å². The lowest BCUT2D eigenvalue weighted by atomic mass is 9.67. The normalized spacial score (nSPS) is 13.0. The van der Waals surface area contributed by atoms with Gasteiger partial charge in [0.05, 0.1) is 17.0 Å². The Kier molecular flexibility index (Phi) is 6.02. The molecular formula is C45H27N3S. The van der Waals surface area contributed by atoms with Gasteiger partial charge in [-0.3, -0.25) is 4.40 Å². The van der Waals surface area contributed by atoms with Crippen molar-refractivity contribution < 1.29 is 0 Å². The highest BCUT2D eigenvalue weighted by atomic mass is 32.1. The fourth-order valence-electron chi connectivity index (χ4n) is 7.94. The van der Waals surface area contributed by atoms with Crippen molar-refractivity contribution in [2.45, 2.75) is 5.41 Å². The molecule has 0 saturated heterocycles. The molecule has 1 aliphatic rings. The Morgan fingerprint density at radius 1 is 0.571 bits per heavy atom. The third kappa shape index (κ3) is 4.04. The number of pyridine rings is 1. The van der Waals surface area contributed by atoms with Gasteiger partial charge in [-0.15, -0.1) is 11.3 Å². The van der Waals surface area contributed by atoms with Crippen LogP contribution >= 0.6 is 11.3 Å². The first-order valence-electron chi connectivity index (χ1n) is 16.4. The Morgan fingerprint density at radius 2 is 1.20 bits per heavy atom. The Morgan fingerprint density at radius 3 is 1.96 bits per heavy atom. The molecule has 0 aliphatic heterocycles. The Hall–Kier alpha value is -6.28. The van der Waals surface area contributed by atoms with E-state index in [-0.39, 0.29) is 0 Å². The summed E-state index contributed by atoms with van der Waals surface area (Å²) in [5.74, 6) is 0. The van der Waals surface area contributed by atoms with Crippen LogP contribution in [0.25, 0.3) is 59.5 Å². The molecule has 0 radical (unpaired) electrons. The maximum absolute atomic E-state index is 9.99. The summed E-state index contributed by atoms with van der Waals surface area (Å²) in [5, 5.41) is 11.2. The molecule has 0 amide bonds. The lowest BCUT2D eigenvalue weighted by molar-refractivity contribution is 0.768. The molecule has 0 spiro atoms. The zero-order chi connectivity index (χ0) is 32.5. The molecule has 10 rings (SSSR count). The molecule has 9 aromatic rings. The van der Waals surface area contributed by atoms with Crippen LogP contribution in [-0.4, -0.2) is 9.38 Å². The van der Waals surface area contributed by atoms with E-state index >= 15 is 0 Å². The Labute approximate surface area is 287 Å². The SMILES string of the molecule is N#Cc1ccc2c(c1)C(c1ccccc1)(c1ccccc1)c1cc(-c3cccc(-c4ccc5nc6c7ccccc7sc6n5c4)c3)ccc1-2. The second-order valence-electron chi connectivity index (χ2n) is 12.7. The summed E-state index contributed by atoms with van der Waals surface area (Å²) < 4.78 is 3.49. The molecule has 3 aromatic heterocycles. The van der Waals surface area contributed by atoms with Crippen LogP contribution in [0.15, 0.2) is 164 Å². The predicted molar refractivity (Wildman–Crippen MR) is 201 cm³/mol. The van der Waals surface area contributed by atoms with Gasteiger partial charge in [0.25, 0.3) is 0 Å². The van der Waals surface area contributed by atoms with Gasteiger partial charge in [-0.05, 0) is 98.1 Å². The third-order valence-electron chi connectivity index (χ3n) is 10.1. The molecule has 49 heavy (non-hydrogen) atoms. The summed E-state index contributed by atoms with van der Waals surface area (Å²) in [5.41, 5.74) is 13.8. The topological polar surface area (TPSA) is 41.1 Å². The largest absolute Gasteiger partial charge is 0.290 e. The molecule has 3 nitrogen and oxygen atoms in total. The van der Waals surface area contributed by atoms with Crippen molar-refractivity contribution in [3.05, 3.63) is 192 Å². The molecule has 0 bridgehead atoms. The molecule has 0 fully saturated rings. The number of aromatic nitrogens is 2. The standard InChI is InChI=1S/C45H27N3S/c46-27-29-18-21-36-37-22-19-32(26-40(37)45(39(36)24-29,34-12-3-1-4-13-34)35-14-5-2-6-15-35)30-10-9-11-31(25-30)33-20-23-42-47-43-38-16-7-8-17-41(38)49-44(43)48(42)28-33/h1-26,28H. The van der Waals surface area contributed by atoms with Gasteiger partial charge in [-0.1, -0.05) is 115 Å². The quantitative estimate of drug-likeness (QED) is 0.192. The Bertz CT molecular complexity index is 2740. The highest BCUT2D eigenvalue weighted by Crippen LogP contribution is 2.57. The summed E-state index contributed by atoms with van der Waals surface area (Å²) in [7, 11) is 0. The van der Waals surface area contributed by atoms with Crippen LogP contribution in [0, 0.1) is 11.3 Å². The molecule has 0 N–H and O–H groups in total. The van der Waals surface area contributed by atoms with Gasteiger partial charge in [0.2, 0.25) is 0 Å². The van der Waals surface area contributed by atoms with E-state index in [9.17, 15) is 5.26 Å². The monoisotopic (exact) mass is 641 g/mol. The maximum atomic E-state index is 9.99. The van der Waals surface area contributed by atoms with E-state index in [1.165, 1.54) is 42.7 Å². The summed E-state index contributed by atoms with van der Waals surface area (Å²) >= 11 is 1.79. The first-order valence-corrected chi connectivity index (χ1v) is 17.2. The minimum Gasteiger partial charge on any atom is -0.290 e. The minimum absolute atomic E-state index is 0.574. The zero-order valence-corrected chi connectivity index (χ0v) is 27.2. The van der Waals surface area contributed by atoms with Crippen LogP contribution in [-0.2, 0) is 5.41 Å². The van der Waals surface area contributed by atoms with E-state index < -0.39 is 5.41 Å². The van der Waals surface area contributed by atoms with E-state index in [1.807, 2.05) is 6.07 Å². The van der Waals surface area contributed by atoms with Gasteiger partial charge in [0.1, 0.15) is 16.0 Å². The number of hydrogen-bond donors (Lipinski definition) is 0. The second-order valence-corrected chi connectivity index (χ2v) is 13.7. The van der Waals surface area contributed by atoms with Gasteiger partial charge < -0.3 is 0 Å². The van der Waals surface area contributed by atoms with E-state index in [4.69, 9.17) is 4.98 Å². The summed E-state index contributed by atoms with van der Waals surface area (Å²) in [4.78, 5) is 6.15. The number of fused-ring (bicyclic) bond motifs is 8. The van der Waals surface area contributed by atoms with Crippen molar-refractivity contribution in [2.75, 3.05) is 0 Å². The van der Waals surface area contributed by atoms with E-state index in [0.717, 1.165) is 39.0 Å². The average Bonchev–Trinajstić information content (AvgIpc) is 3.81. The van der Waals surface area contributed by atoms with Crippen molar-refractivity contribution in [3.63, 3.8) is 0 Å². The zero-order valence-electron chi connectivity index (χ0n) is 26.3. The molecule has 3 heterocycles. The van der Waals surface area contributed by atoms with Crippen molar-refractivity contribution in [3.8, 4) is 39.4 Å². The predicted octanol–water partition coefficient (Wildman–Crippen LogP) is 11.3. The molecule has 0 atom stereocenters. The maximum Gasteiger partial charge on any atom is 0.138 e. The molecule has 6 aromatic carbocycles. The van der Waals surface area contributed by atoms with E-state index in [0.29, 0.717) is 5.56 Å². The molecular weight excluding hydrogens is 615 g/mol. The van der Waals surface area contributed by atoms with Crippen LogP contribution in [0.2, 0.25) is 0 Å². The summed E-state index contributed by atoms with van der Waals surface area (Å²) in [6, 6.07) is 58.6. The number of thiophene rings is 1. The number of benzene rings is 6. The third-order valence-corrected chi connectivity index (χ3v) is 11.3. The fourth-order valence-corrected chi connectivity index (χ4v) is 9.06. The van der Waals surface area contributed by atoms with Crippen LogP contribution in [0.4, 0.5) is 0 Å². The summed E-state index contributed by atoms with van der Waals surface area (Å²) in [6.07, 6.45) is 2.22. The van der Waals surface area contributed by atoms with Gasteiger partial charge >= 0.3 is 0 Å². The second kappa shape index (κ2) is 10.6. The number of imidazole rings is 1. The number of hydrogen-bond acceptors (Lipinski definition) is 3. The van der Waals surface area contributed by atoms with Crippen molar-refractivity contribution in [1.82, 2.24) is 9.38 Å². The van der Waals surface area contributed by atoms with Crippen molar-refractivity contribution in [1.29, 1.82) is 5.26 Å².